The Morgan fingerprint density at radius 2 is 1.94 bits per heavy atom. The number of carbonyl (C=O) groups is 2. The van der Waals surface area contributed by atoms with Gasteiger partial charge in [-0.05, 0) is 48.0 Å². The summed E-state index contributed by atoms with van der Waals surface area (Å²) < 4.78 is 2.26. The molecule has 2 atom stereocenters. The second-order valence-corrected chi connectivity index (χ2v) is 9.55. The number of carboxylic acids is 1. The van der Waals surface area contributed by atoms with Crippen molar-refractivity contribution in [3.63, 3.8) is 0 Å². The maximum Gasteiger partial charge on any atom is 0.314 e. The number of aliphatic carboxylic acids is 1. The van der Waals surface area contributed by atoms with Crippen molar-refractivity contribution in [3.8, 4) is 0 Å². The SMILES string of the molecule is O=C1CCC2=C3C=CC(C(=O)O)C3=Cn3c(cc4cccc(C5CCCCC5)c43)C2C1. The summed E-state index contributed by atoms with van der Waals surface area (Å²) in [6, 6.07) is 8.84. The predicted molar refractivity (Wildman–Crippen MR) is 121 cm³/mol. The van der Waals surface area contributed by atoms with Gasteiger partial charge in [0.15, 0.2) is 0 Å². The molecule has 6 rings (SSSR count). The highest BCUT2D eigenvalue weighted by molar-refractivity contribution is 5.91. The number of nitrogens with zero attached hydrogens (tertiary/aromatic N) is 1. The number of fused-ring (bicyclic) bond motifs is 6. The molecule has 158 valence electrons. The summed E-state index contributed by atoms with van der Waals surface area (Å²) in [6.07, 6.45) is 14.0. The molecule has 4 heteroatoms. The van der Waals surface area contributed by atoms with Gasteiger partial charge in [0.2, 0.25) is 0 Å². The van der Waals surface area contributed by atoms with E-state index in [1.807, 2.05) is 12.2 Å². The molecule has 1 aromatic carbocycles. The Kier molecular flexibility index (Phi) is 4.31. The smallest absolute Gasteiger partial charge is 0.314 e. The average Bonchev–Trinajstić information content (AvgIpc) is 3.33. The number of hydrogen-bond acceptors (Lipinski definition) is 2. The summed E-state index contributed by atoms with van der Waals surface area (Å²) in [5, 5.41) is 11.1. The van der Waals surface area contributed by atoms with Crippen molar-refractivity contribution in [2.24, 2.45) is 5.92 Å². The average molecular weight is 414 g/mol. The molecule has 0 amide bonds. The quantitative estimate of drug-likeness (QED) is 0.662. The third-order valence-electron chi connectivity index (χ3n) is 7.83. The van der Waals surface area contributed by atoms with Crippen molar-refractivity contribution >= 4 is 28.9 Å². The standard InChI is InChI=1S/C27H27NO3/c29-18-9-10-20-21-11-12-22(27(30)31)24(21)15-28-25(23(20)14-18)13-17-7-4-8-19(26(17)28)16-5-2-1-3-6-16/h4,7-8,11-13,15-16,22-23H,1-3,5-6,9-10,14H2,(H,30,31). The highest BCUT2D eigenvalue weighted by Gasteiger charge is 2.37. The number of rotatable bonds is 2. The molecule has 2 unspecified atom stereocenters. The van der Waals surface area contributed by atoms with Gasteiger partial charge in [-0.15, -0.1) is 0 Å². The van der Waals surface area contributed by atoms with Crippen LogP contribution in [0.1, 0.15) is 74.5 Å². The summed E-state index contributed by atoms with van der Waals surface area (Å²) in [4.78, 5) is 24.5. The molecule has 0 bridgehead atoms. The van der Waals surface area contributed by atoms with Crippen molar-refractivity contribution in [1.29, 1.82) is 0 Å². The molecule has 0 spiro atoms. The molecular weight excluding hydrogens is 386 g/mol. The molecule has 3 aliphatic carbocycles. The van der Waals surface area contributed by atoms with E-state index in [9.17, 15) is 14.7 Å². The van der Waals surface area contributed by atoms with Crippen LogP contribution in [0.5, 0.6) is 0 Å². The van der Waals surface area contributed by atoms with E-state index in [1.165, 1.54) is 54.1 Å². The molecule has 1 N–H and O–H groups in total. The minimum absolute atomic E-state index is 0.0359. The molecule has 0 saturated heterocycles. The van der Waals surface area contributed by atoms with Crippen molar-refractivity contribution in [3.05, 3.63) is 64.4 Å². The lowest BCUT2D eigenvalue weighted by atomic mass is 9.78. The van der Waals surface area contributed by atoms with Gasteiger partial charge in [-0.3, -0.25) is 9.59 Å². The Bertz CT molecular complexity index is 1200. The fourth-order valence-electron chi connectivity index (χ4n) is 6.35. The Morgan fingerprint density at radius 3 is 2.74 bits per heavy atom. The number of aromatic nitrogens is 1. The second kappa shape index (κ2) is 7.08. The van der Waals surface area contributed by atoms with E-state index in [4.69, 9.17) is 0 Å². The maximum absolute atomic E-state index is 12.5. The molecule has 1 aromatic heterocycles. The van der Waals surface area contributed by atoms with Crippen LogP contribution in [0.25, 0.3) is 17.1 Å². The van der Waals surface area contributed by atoms with Crippen LogP contribution in [0.15, 0.2) is 53.1 Å². The van der Waals surface area contributed by atoms with E-state index in [0.29, 0.717) is 24.5 Å². The first kappa shape index (κ1) is 18.9. The molecule has 1 aliphatic heterocycles. The van der Waals surface area contributed by atoms with Crippen LogP contribution in [0.2, 0.25) is 0 Å². The van der Waals surface area contributed by atoms with Crippen LogP contribution in [0.4, 0.5) is 0 Å². The Morgan fingerprint density at radius 1 is 1.10 bits per heavy atom. The molecule has 31 heavy (non-hydrogen) atoms. The summed E-state index contributed by atoms with van der Waals surface area (Å²) >= 11 is 0. The lowest BCUT2D eigenvalue weighted by Gasteiger charge is -2.26. The van der Waals surface area contributed by atoms with Gasteiger partial charge in [0.1, 0.15) is 11.7 Å². The van der Waals surface area contributed by atoms with Crippen molar-refractivity contribution in [2.45, 2.75) is 63.2 Å². The largest absolute Gasteiger partial charge is 0.481 e. The van der Waals surface area contributed by atoms with E-state index >= 15 is 0 Å². The molecule has 4 aliphatic rings. The number of benzene rings is 1. The fraction of sp³-hybridized carbons (Fsp3) is 0.407. The fourth-order valence-corrected chi connectivity index (χ4v) is 6.35. The predicted octanol–water partition coefficient (Wildman–Crippen LogP) is 5.95. The van der Waals surface area contributed by atoms with E-state index in [0.717, 1.165) is 23.3 Å². The number of ketones is 1. The first-order valence-electron chi connectivity index (χ1n) is 11.6. The number of Topliss-reactive ketones (excluding diaryl/α,β-unsaturated/α-hetero) is 1. The number of hydrogen-bond donors (Lipinski definition) is 1. The summed E-state index contributed by atoms with van der Waals surface area (Å²) in [6.45, 7) is 0. The zero-order valence-corrected chi connectivity index (χ0v) is 17.6. The third kappa shape index (κ3) is 2.88. The van der Waals surface area contributed by atoms with Crippen LogP contribution >= 0.6 is 0 Å². The van der Waals surface area contributed by atoms with Crippen molar-refractivity contribution in [2.75, 3.05) is 0 Å². The molecular formula is C27H27NO3. The molecule has 2 heterocycles. The number of para-hydroxylation sites is 1. The van der Waals surface area contributed by atoms with Gasteiger partial charge in [0.25, 0.3) is 0 Å². The van der Waals surface area contributed by atoms with Gasteiger partial charge in [-0.1, -0.05) is 55.2 Å². The number of carbonyl (C=O) groups excluding carboxylic acids is 1. The van der Waals surface area contributed by atoms with Gasteiger partial charge in [-0.2, -0.15) is 0 Å². The minimum Gasteiger partial charge on any atom is -0.481 e. The molecule has 0 radical (unpaired) electrons. The van der Waals surface area contributed by atoms with Gasteiger partial charge >= 0.3 is 5.97 Å². The molecule has 2 saturated carbocycles. The van der Waals surface area contributed by atoms with E-state index in [1.54, 1.807) is 0 Å². The highest BCUT2D eigenvalue weighted by atomic mass is 16.4. The zero-order chi connectivity index (χ0) is 21.1. The Hall–Kier alpha value is -2.88. The Labute approximate surface area is 181 Å². The summed E-state index contributed by atoms with van der Waals surface area (Å²) in [5.41, 5.74) is 6.91. The highest BCUT2D eigenvalue weighted by Crippen LogP contribution is 2.48. The third-order valence-corrected chi connectivity index (χ3v) is 7.83. The first-order chi connectivity index (χ1) is 15.1. The second-order valence-electron chi connectivity index (χ2n) is 9.55. The molecule has 2 fully saturated rings. The number of allylic oxidation sites excluding steroid dienone is 3. The Balaban J connectivity index is 1.62. The summed E-state index contributed by atoms with van der Waals surface area (Å²) in [7, 11) is 0. The van der Waals surface area contributed by atoms with Gasteiger partial charge < -0.3 is 9.67 Å². The normalized spacial score (nSPS) is 25.8. The van der Waals surface area contributed by atoms with Gasteiger partial charge in [-0.25, -0.2) is 0 Å². The summed E-state index contributed by atoms with van der Waals surface area (Å²) in [5.74, 6) is -0.539. The first-order valence-corrected chi connectivity index (χ1v) is 11.6. The van der Waals surface area contributed by atoms with E-state index in [-0.39, 0.29) is 5.92 Å². The van der Waals surface area contributed by atoms with Crippen molar-refractivity contribution in [1.82, 2.24) is 4.57 Å². The maximum atomic E-state index is 12.5. The monoisotopic (exact) mass is 413 g/mol. The van der Waals surface area contributed by atoms with Gasteiger partial charge in [0.05, 0.1) is 5.52 Å². The van der Waals surface area contributed by atoms with Gasteiger partial charge in [0, 0.05) is 36.0 Å². The van der Waals surface area contributed by atoms with Crippen LogP contribution in [-0.4, -0.2) is 21.4 Å². The number of carboxylic acid groups (broad SMARTS) is 1. The van der Waals surface area contributed by atoms with E-state index in [2.05, 4.69) is 35.0 Å². The van der Waals surface area contributed by atoms with Crippen LogP contribution in [-0.2, 0) is 9.59 Å². The topological polar surface area (TPSA) is 59.3 Å². The van der Waals surface area contributed by atoms with Crippen molar-refractivity contribution < 1.29 is 14.7 Å². The lowest BCUT2D eigenvalue weighted by Crippen LogP contribution is -2.18. The van der Waals surface area contributed by atoms with Crippen LogP contribution in [0, 0.1) is 5.92 Å². The lowest BCUT2D eigenvalue weighted by molar-refractivity contribution is -0.138. The minimum atomic E-state index is -0.811. The van der Waals surface area contributed by atoms with E-state index < -0.39 is 11.9 Å². The molecule has 4 nitrogen and oxygen atoms in total. The van der Waals surface area contributed by atoms with Crippen LogP contribution in [0.3, 0.4) is 0 Å². The van der Waals surface area contributed by atoms with Crippen LogP contribution < -0.4 is 0 Å². The molecule has 2 aromatic rings. The zero-order valence-electron chi connectivity index (χ0n) is 17.6.